The SMILES string of the molecule is CCSc1nnc(NC(=O)[C@@H](C)N(c2cc(Cl)ccc2Cl)S(C)(=O)=O)s1. The summed E-state index contributed by atoms with van der Waals surface area (Å²) < 4.78 is 26.2. The van der Waals surface area contributed by atoms with Crippen LogP contribution in [0, 0.1) is 0 Å². The van der Waals surface area contributed by atoms with Crippen molar-refractivity contribution in [3.63, 3.8) is 0 Å². The van der Waals surface area contributed by atoms with Crippen molar-refractivity contribution in [3.05, 3.63) is 28.2 Å². The van der Waals surface area contributed by atoms with Gasteiger partial charge in [-0.25, -0.2) is 8.42 Å². The molecular formula is C14H16Cl2N4O3S3. The Bertz CT molecular complexity index is 905. The van der Waals surface area contributed by atoms with Crippen molar-refractivity contribution in [3.8, 4) is 0 Å². The van der Waals surface area contributed by atoms with E-state index >= 15 is 0 Å². The van der Waals surface area contributed by atoms with Gasteiger partial charge in [-0.15, -0.1) is 10.2 Å². The van der Waals surface area contributed by atoms with Gasteiger partial charge in [-0.1, -0.05) is 53.2 Å². The standard InChI is InChI=1S/C14H16Cl2N4O3S3/c1-4-24-14-19-18-13(25-14)17-12(21)8(2)20(26(3,22)23)11-7-9(15)5-6-10(11)16/h5-8H,4H2,1-3H3,(H,17,18,21)/t8-/m1/s1. The first-order valence-electron chi connectivity index (χ1n) is 7.35. The molecule has 2 aromatic rings. The van der Waals surface area contributed by atoms with Crippen LogP contribution < -0.4 is 9.62 Å². The van der Waals surface area contributed by atoms with Crippen molar-refractivity contribution in [2.45, 2.75) is 24.2 Å². The molecule has 0 fully saturated rings. The molecule has 1 aromatic heterocycles. The van der Waals surface area contributed by atoms with E-state index in [9.17, 15) is 13.2 Å². The number of amides is 1. The molecule has 1 amide bonds. The number of thioether (sulfide) groups is 1. The van der Waals surface area contributed by atoms with Crippen LogP contribution in [0.1, 0.15) is 13.8 Å². The summed E-state index contributed by atoms with van der Waals surface area (Å²) in [6, 6.07) is 3.33. The summed E-state index contributed by atoms with van der Waals surface area (Å²) in [6.07, 6.45) is 0.995. The predicted molar refractivity (Wildman–Crippen MR) is 108 cm³/mol. The molecule has 0 aliphatic rings. The number of halogens is 2. The number of hydrogen-bond acceptors (Lipinski definition) is 7. The molecule has 1 heterocycles. The molecule has 26 heavy (non-hydrogen) atoms. The van der Waals surface area contributed by atoms with Crippen LogP contribution in [0.4, 0.5) is 10.8 Å². The Morgan fingerprint density at radius 3 is 2.69 bits per heavy atom. The van der Waals surface area contributed by atoms with Gasteiger partial charge in [0.2, 0.25) is 21.1 Å². The van der Waals surface area contributed by atoms with Gasteiger partial charge >= 0.3 is 0 Å². The van der Waals surface area contributed by atoms with Crippen LogP contribution in [-0.2, 0) is 14.8 Å². The van der Waals surface area contributed by atoms with Crippen LogP contribution >= 0.6 is 46.3 Å². The molecule has 0 bridgehead atoms. The first-order valence-corrected chi connectivity index (χ1v) is 11.8. The fourth-order valence-corrected chi connectivity index (χ4v) is 5.34. The topological polar surface area (TPSA) is 92.3 Å². The van der Waals surface area contributed by atoms with Gasteiger partial charge in [0.05, 0.1) is 17.0 Å². The minimum Gasteiger partial charge on any atom is -0.299 e. The lowest BCUT2D eigenvalue weighted by atomic mass is 10.2. The van der Waals surface area contributed by atoms with E-state index in [2.05, 4.69) is 15.5 Å². The van der Waals surface area contributed by atoms with Crippen LogP contribution in [0.5, 0.6) is 0 Å². The fraction of sp³-hybridized carbons (Fsp3) is 0.357. The Kier molecular flexibility index (Phi) is 7.14. The number of nitrogens with zero attached hydrogens (tertiary/aromatic N) is 3. The molecule has 12 heteroatoms. The Hall–Kier alpha value is -1.07. The van der Waals surface area contributed by atoms with Crippen LogP contribution in [0.25, 0.3) is 0 Å². The van der Waals surface area contributed by atoms with Crippen molar-refractivity contribution in [1.82, 2.24) is 10.2 Å². The summed E-state index contributed by atoms with van der Waals surface area (Å²) in [4.78, 5) is 12.6. The van der Waals surface area contributed by atoms with Crippen molar-refractivity contribution in [2.75, 3.05) is 21.6 Å². The number of hydrogen-bond donors (Lipinski definition) is 1. The van der Waals surface area contributed by atoms with Crippen LogP contribution in [-0.4, -0.2) is 42.6 Å². The second kappa shape index (κ2) is 8.75. The second-order valence-electron chi connectivity index (χ2n) is 5.13. The third kappa shape index (κ3) is 5.23. The molecule has 0 saturated heterocycles. The highest BCUT2D eigenvalue weighted by Gasteiger charge is 2.31. The van der Waals surface area contributed by atoms with Gasteiger partial charge in [0.25, 0.3) is 0 Å². The van der Waals surface area contributed by atoms with E-state index in [1.54, 1.807) is 0 Å². The van der Waals surface area contributed by atoms with Crippen molar-refractivity contribution < 1.29 is 13.2 Å². The van der Waals surface area contributed by atoms with Crippen molar-refractivity contribution in [2.24, 2.45) is 0 Å². The maximum atomic E-state index is 12.6. The van der Waals surface area contributed by atoms with Gasteiger partial charge in [-0.05, 0) is 30.9 Å². The number of anilines is 2. The Balaban J connectivity index is 2.30. The largest absolute Gasteiger partial charge is 0.299 e. The number of carbonyl (C=O) groups is 1. The minimum atomic E-state index is -3.80. The molecule has 0 saturated carbocycles. The highest BCUT2D eigenvalue weighted by atomic mass is 35.5. The van der Waals surface area contributed by atoms with Gasteiger partial charge in [0.1, 0.15) is 6.04 Å². The highest BCUT2D eigenvalue weighted by Crippen LogP contribution is 2.32. The molecular weight excluding hydrogens is 439 g/mol. The smallest absolute Gasteiger partial charge is 0.249 e. The molecule has 1 aromatic carbocycles. The van der Waals surface area contributed by atoms with Crippen LogP contribution in [0.2, 0.25) is 10.0 Å². The summed E-state index contributed by atoms with van der Waals surface area (Å²) in [5.74, 6) is 0.268. The van der Waals surface area contributed by atoms with Gasteiger partial charge in [0.15, 0.2) is 4.34 Å². The van der Waals surface area contributed by atoms with Crippen LogP contribution in [0.15, 0.2) is 22.5 Å². The van der Waals surface area contributed by atoms with E-state index in [0.717, 1.165) is 16.3 Å². The summed E-state index contributed by atoms with van der Waals surface area (Å²) >= 11 is 14.8. The fourth-order valence-electron chi connectivity index (χ4n) is 2.09. The average molecular weight is 455 g/mol. The van der Waals surface area contributed by atoms with E-state index in [4.69, 9.17) is 23.2 Å². The Labute approximate surface area is 170 Å². The molecule has 1 N–H and O–H groups in total. The number of benzene rings is 1. The van der Waals surface area contributed by atoms with E-state index in [1.807, 2.05) is 6.92 Å². The van der Waals surface area contributed by atoms with Gasteiger partial charge in [-0.2, -0.15) is 0 Å². The molecule has 142 valence electrons. The number of sulfonamides is 1. The summed E-state index contributed by atoms with van der Waals surface area (Å²) in [5.41, 5.74) is 0.129. The normalized spacial score (nSPS) is 12.7. The third-order valence-corrected chi connectivity index (χ3v) is 6.77. The third-order valence-electron chi connectivity index (χ3n) is 3.14. The van der Waals surface area contributed by atoms with Crippen molar-refractivity contribution in [1.29, 1.82) is 0 Å². The highest BCUT2D eigenvalue weighted by molar-refractivity contribution is 8.01. The number of rotatable bonds is 7. The minimum absolute atomic E-state index is 0.129. The van der Waals surface area contributed by atoms with Gasteiger partial charge in [0, 0.05) is 5.02 Å². The molecule has 0 aliphatic carbocycles. The van der Waals surface area contributed by atoms with E-state index < -0.39 is 22.0 Å². The summed E-state index contributed by atoms with van der Waals surface area (Å²) in [6.45, 7) is 3.43. The Morgan fingerprint density at radius 2 is 2.08 bits per heavy atom. The lowest BCUT2D eigenvalue weighted by Gasteiger charge is -2.28. The average Bonchev–Trinajstić information content (AvgIpc) is 2.97. The van der Waals surface area contributed by atoms with Gasteiger partial charge in [-0.3, -0.25) is 14.4 Å². The van der Waals surface area contributed by atoms with E-state index in [0.29, 0.717) is 14.5 Å². The molecule has 0 spiro atoms. The first kappa shape index (κ1) is 21.2. The predicted octanol–water partition coefficient (Wildman–Crippen LogP) is 3.75. The number of carbonyl (C=O) groups excluding carboxylic acids is 1. The zero-order valence-electron chi connectivity index (χ0n) is 14.1. The zero-order valence-corrected chi connectivity index (χ0v) is 18.0. The molecule has 0 aliphatic heterocycles. The molecule has 0 radical (unpaired) electrons. The summed E-state index contributed by atoms with van der Waals surface area (Å²) in [5, 5.41) is 11.2. The molecule has 1 atom stereocenters. The van der Waals surface area contributed by atoms with E-state index in [1.165, 1.54) is 48.2 Å². The molecule has 2 rings (SSSR count). The van der Waals surface area contributed by atoms with Gasteiger partial charge < -0.3 is 0 Å². The van der Waals surface area contributed by atoms with Crippen molar-refractivity contribution >= 4 is 73.0 Å². The molecule has 7 nitrogen and oxygen atoms in total. The monoisotopic (exact) mass is 454 g/mol. The maximum absolute atomic E-state index is 12.6. The summed E-state index contributed by atoms with van der Waals surface area (Å²) in [7, 11) is -3.80. The first-order chi connectivity index (χ1) is 12.1. The Morgan fingerprint density at radius 1 is 1.38 bits per heavy atom. The zero-order chi connectivity index (χ0) is 19.5. The number of aromatic nitrogens is 2. The van der Waals surface area contributed by atoms with Crippen LogP contribution in [0.3, 0.4) is 0 Å². The second-order valence-corrected chi connectivity index (χ2v) is 10.3. The maximum Gasteiger partial charge on any atom is 0.249 e. The lowest BCUT2D eigenvalue weighted by Crippen LogP contribution is -2.45. The van der Waals surface area contributed by atoms with E-state index in [-0.39, 0.29) is 10.7 Å². The lowest BCUT2D eigenvalue weighted by molar-refractivity contribution is -0.116. The molecule has 0 unspecified atom stereocenters. The number of nitrogens with one attached hydrogen (secondary N) is 1. The quantitative estimate of drug-likeness (QED) is 0.505.